The Bertz CT molecular complexity index is 285. The second-order valence-corrected chi connectivity index (χ2v) is 2.04. The zero-order chi connectivity index (χ0) is 8.97. The Morgan fingerprint density at radius 1 is 1.75 bits per heavy atom. The molecule has 1 N–H and O–H groups in total. The monoisotopic (exact) mass is 169 g/mol. The van der Waals surface area contributed by atoms with Gasteiger partial charge in [0.1, 0.15) is 0 Å². The number of hydrogen-bond acceptors (Lipinski definition) is 2. The molecule has 3 nitrogen and oxygen atoms in total. The normalized spacial score (nSPS) is 9.42. The summed E-state index contributed by atoms with van der Waals surface area (Å²) in [6, 6.07) is 6.33. The van der Waals surface area contributed by atoms with Gasteiger partial charge in [0.15, 0.2) is 18.2 Å². The predicted octanol–water partition coefficient (Wildman–Crippen LogP) is 1.09. The first-order valence-electron chi connectivity index (χ1n) is 3.20. The summed E-state index contributed by atoms with van der Waals surface area (Å²) in [5.41, 5.74) is 0. The smallest absolute Gasteiger partial charge is 0.341 e. The average molecular weight is 169 g/mol. The van der Waals surface area contributed by atoms with Crippen LogP contribution in [-0.2, 0) is 4.79 Å². The highest BCUT2D eigenvalue weighted by Gasteiger charge is 2.03. The van der Waals surface area contributed by atoms with E-state index in [4.69, 9.17) is 5.11 Å². The molecule has 0 saturated heterocycles. The largest absolute Gasteiger partial charge is 0.479 e. The van der Waals surface area contributed by atoms with Gasteiger partial charge in [0.25, 0.3) is 0 Å². The lowest BCUT2D eigenvalue weighted by Gasteiger charge is -2.02. The summed E-state index contributed by atoms with van der Waals surface area (Å²) in [4.78, 5) is 10.0. The van der Waals surface area contributed by atoms with Crippen LogP contribution < -0.4 is 4.74 Å². The number of ether oxygens (including phenoxy) is 1. The number of carboxylic acid groups (broad SMARTS) is 1. The molecule has 0 aliphatic carbocycles. The Balaban J connectivity index is 2.63. The Labute approximate surface area is 68.4 Å². The molecule has 1 rings (SSSR count). The third-order valence-corrected chi connectivity index (χ3v) is 1.13. The summed E-state index contributed by atoms with van der Waals surface area (Å²) in [6.45, 7) is -0.541. The standard InChI is InChI=1S/C8H6FO3/c9-6-3-1-2-4-7(6)12-5-8(10)11/h2-4H,5H2,(H,10,11). The fourth-order valence-corrected chi connectivity index (χ4v) is 0.652. The molecule has 63 valence electrons. The van der Waals surface area contributed by atoms with E-state index in [9.17, 15) is 9.18 Å². The van der Waals surface area contributed by atoms with Crippen molar-refractivity contribution in [1.29, 1.82) is 0 Å². The van der Waals surface area contributed by atoms with Gasteiger partial charge in [-0.3, -0.25) is 0 Å². The Hall–Kier alpha value is -1.58. The van der Waals surface area contributed by atoms with E-state index in [-0.39, 0.29) is 5.75 Å². The zero-order valence-corrected chi connectivity index (χ0v) is 6.08. The molecule has 4 heteroatoms. The molecule has 0 fully saturated rings. The number of benzene rings is 1. The maximum Gasteiger partial charge on any atom is 0.341 e. The fraction of sp³-hybridized carbons (Fsp3) is 0.125. The van der Waals surface area contributed by atoms with Crippen LogP contribution in [0, 0.1) is 11.9 Å². The van der Waals surface area contributed by atoms with Crippen LogP contribution in [-0.4, -0.2) is 17.7 Å². The fourth-order valence-electron chi connectivity index (χ4n) is 0.652. The van der Waals surface area contributed by atoms with Crippen LogP contribution in [0.15, 0.2) is 18.2 Å². The molecule has 0 saturated carbocycles. The lowest BCUT2D eigenvalue weighted by molar-refractivity contribution is -0.139. The van der Waals surface area contributed by atoms with Crippen molar-refractivity contribution in [3.05, 3.63) is 30.1 Å². The van der Waals surface area contributed by atoms with Crippen molar-refractivity contribution >= 4 is 5.97 Å². The SMILES string of the molecule is O=C(O)COc1cc[c]cc1F. The van der Waals surface area contributed by atoms with Gasteiger partial charge in [-0.25, -0.2) is 9.18 Å². The molecular weight excluding hydrogens is 163 g/mol. The van der Waals surface area contributed by atoms with Gasteiger partial charge in [-0.15, -0.1) is 0 Å². The summed E-state index contributed by atoms with van der Waals surface area (Å²) in [5, 5.41) is 8.21. The Kier molecular flexibility index (Phi) is 2.63. The number of aliphatic carboxylic acids is 1. The molecule has 0 heterocycles. The van der Waals surface area contributed by atoms with Crippen LogP contribution in [0.1, 0.15) is 0 Å². The molecule has 1 aromatic rings. The molecule has 0 aliphatic rings. The summed E-state index contributed by atoms with van der Waals surface area (Å²) in [7, 11) is 0. The van der Waals surface area contributed by atoms with Gasteiger partial charge in [0, 0.05) is 0 Å². The molecule has 0 aromatic heterocycles. The number of halogens is 1. The quantitative estimate of drug-likeness (QED) is 0.736. The summed E-state index contributed by atoms with van der Waals surface area (Å²) in [6.07, 6.45) is 0. The van der Waals surface area contributed by atoms with E-state index in [1.165, 1.54) is 12.1 Å². The van der Waals surface area contributed by atoms with E-state index < -0.39 is 18.4 Å². The second-order valence-electron chi connectivity index (χ2n) is 2.04. The first-order chi connectivity index (χ1) is 5.70. The van der Waals surface area contributed by atoms with Crippen LogP contribution in [0.2, 0.25) is 0 Å². The highest BCUT2D eigenvalue weighted by molar-refractivity contribution is 5.68. The predicted molar refractivity (Wildman–Crippen MR) is 38.4 cm³/mol. The van der Waals surface area contributed by atoms with Gasteiger partial charge in [0.05, 0.1) is 0 Å². The van der Waals surface area contributed by atoms with Crippen LogP contribution in [0.25, 0.3) is 0 Å². The number of rotatable bonds is 3. The van der Waals surface area contributed by atoms with Crippen LogP contribution >= 0.6 is 0 Å². The topological polar surface area (TPSA) is 46.5 Å². The summed E-state index contributed by atoms with van der Waals surface area (Å²) >= 11 is 0. The minimum atomic E-state index is -1.14. The zero-order valence-electron chi connectivity index (χ0n) is 6.08. The van der Waals surface area contributed by atoms with E-state index in [1.54, 1.807) is 0 Å². The number of hydrogen-bond donors (Lipinski definition) is 1. The van der Waals surface area contributed by atoms with Crippen molar-refractivity contribution in [2.45, 2.75) is 0 Å². The maximum absolute atomic E-state index is 12.7. The maximum atomic E-state index is 12.7. The molecule has 0 unspecified atom stereocenters. The number of carboxylic acids is 1. The summed E-state index contributed by atoms with van der Waals surface area (Å²) in [5.74, 6) is -1.82. The third-order valence-electron chi connectivity index (χ3n) is 1.13. The van der Waals surface area contributed by atoms with Crippen molar-refractivity contribution in [2.24, 2.45) is 0 Å². The van der Waals surface area contributed by atoms with Gasteiger partial charge < -0.3 is 9.84 Å². The van der Waals surface area contributed by atoms with Crippen molar-refractivity contribution in [1.82, 2.24) is 0 Å². The van der Waals surface area contributed by atoms with Crippen LogP contribution in [0.5, 0.6) is 5.75 Å². The van der Waals surface area contributed by atoms with Gasteiger partial charge >= 0.3 is 5.97 Å². The van der Waals surface area contributed by atoms with Gasteiger partial charge in [-0.05, 0) is 18.2 Å². The van der Waals surface area contributed by atoms with E-state index in [2.05, 4.69) is 10.8 Å². The minimum absolute atomic E-state index is 0.0730. The highest BCUT2D eigenvalue weighted by Crippen LogP contribution is 2.14. The molecule has 0 aliphatic heterocycles. The minimum Gasteiger partial charge on any atom is -0.479 e. The lowest BCUT2D eigenvalue weighted by atomic mass is 10.3. The molecule has 1 radical (unpaired) electrons. The van der Waals surface area contributed by atoms with E-state index >= 15 is 0 Å². The van der Waals surface area contributed by atoms with Gasteiger partial charge in [0.2, 0.25) is 0 Å². The number of carbonyl (C=O) groups is 1. The molecule has 0 bridgehead atoms. The van der Waals surface area contributed by atoms with E-state index in [0.29, 0.717) is 0 Å². The Morgan fingerprint density at radius 3 is 3.08 bits per heavy atom. The van der Waals surface area contributed by atoms with E-state index in [1.807, 2.05) is 0 Å². The first kappa shape index (κ1) is 8.52. The highest BCUT2D eigenvalue weighted by atomic mass is 19.1. The van der Waals surface area contributed by atoms with Crippen molar-refractivity contribution in [3.8, 4) is 5.75 Å². The van der Waals surface area contributed by atoms with Crippen LogP contribution in [0.3, 0.4) is 0 Å². The molecule has 0 amide bonds. The molecule has 0 spiro atoms. The molecule has 0 atom stereocenters. The summed E-state index contributed by atoms with van der Waals surface area (Å²) < 4.78 is 17.3. The second kappa shape index (κ2) is 3.71. The molecular formula is C8H6FO3. The van der Waals surface area contributed by atoms with Gasteiger partial charge in [-0.1, -0.05) is 6.07 Å². The van der Waals surface area contributed by atoms with Crippen molar-refractivity contribution in [2.75, 3.05) is 6.61 Å². The first-order valence-corrected chi connectivity index (χ1v) is 3.20. The van der Waals surface area contributed by atoms with Crippen molar-refractivity contribution in [3.63, 3.8) is 0 Å². The average Bonchev–Trinajstić information content (AvgIpc) is 2.03. The van der Waals surface area contributed by atoms with E-state index in [0.717, 1.165) is 6.07 Å². The van der Waals surface area contributed by atoms with Gasteiger partial charge in [-0.2, -0.15) is 0 Å². The van der Waals surface area contributed by atoms with Crippen LogP contribution in [0.4, 0.5) is 4.39 Å². The Morgan fingerprint density at radius 2 is 2.50 bits per heavy atom. The lowest BCUT2D eigenvalue weighted by Crippen LogP contribution is -2.10. The molecule has 1 aromatic carbocycles. The van der Waals surface area contributed by atoms with Crippen molar-refractivity contribution < 1.29 is 19.0 Å². The molecule has 12 heavy (non-hydrogen) atoms. The third kappa shape index (κ3) is 2.23.